The Morgan fingerprint density at radius 3 is 0.874 bits per heavy atom. The molecule has 10 aromatic rings. The molecule has 0 bridgehead atoms. The van der Waals surface area contributed by atoms with Gasteiger partial charge in [-0.15, -0.1) is 0 Å². The monoisotopic (exact) mass is 1780 g/mol. The Kier molecular flexibility index (Phi) is 39.5. The molecular formula is C93H108BrClIN5O5S5. The zero-order valence-electron chi connectivity index (χ0n) is 67.3. The summed E-state index contributed by atoms with van der Waals surface area (Å²) < 4.78 is 32.2. The van der Waals surface area contributed by atoms with E-state index in [9.17, 15) is 0 Å². The van der Waals surface area contributed by atoms with Crippen molar-refractivity contribution in [2.24, 2.45) is 0 Å². The number of hydrogen-bond acceptors (Lipinski definition) is 10. The van der Waals surface area contributed by atoms with Crippen molar-refractivity contribution in [2.75, 3.05) is 26.6 Å². The van der Waals surface area contributed by atoms with Crippen molar-refractivity contribution in [1.82, 2.24) is 0 Å². The third-order valence-corrected chi connectivity index (χ3v) is 20.9. The fourth-order valence-corrected chi connectivity index (χ4v) is 13.0. The van der Waals surface area contributed by atoms with E-state index in [1.807, 2.05) is 94.4 Å². The van der Waals surface area contributed by atoms with Crippen LogP contribution in [0, 0.1) is 79.7 Å². The van der Waals surface area contributed by atoms with Gasteiger partial charge in [-0.3, -0.25) is 0 Å². The van der Waals surface area contributed by atoms with Crippen LogP contribution in [0.3, 0.4) is 0 Å². The maximum atomic E-state index is 6.10. The normalized spacial score (nSPS) is 10.4. The maximum absolute atomic E-state index is 6.10. The van der Waals surface area contributed by atoms with Crippen LogP contribution in [0.2, 0.25) is 5.02 Å². The topological polar surface area (TPSA) is 106 Å². The molecule has 111 heavy (non-hydrogen) atoms. The summed E-state index contributed by atoms with van der Waals surface area (Å²) in [6.45, 7) is 37.8. The van der Waals surface area contributed by atoms with Crippen molar-refractivity contribution in [2.45, 2.75) is 189 Å². The highest BCUT2D eigenvalue weighted by Gasteiger charge is 2.14. The first-order valence-corrected chi connectivity index (χ1v) is 41.9. The van der Waals surface area contributed by atoms with Crippen LogP contribution in [0.5, 0.6) is 28.7 Å². The van der Waals surface area contributed by atoms with Crippen LogP contribution in [0.4, 0.5) is 28.4 Å². The number of ether oxygens (including phenoxy) is 5. The van der Waals surface area contributed by atoms with Crippen LogP contribution >= 0.6 is 111 Å². The molecule has 0 saturated heterocycles. The van der Waals surface area contributed by atoms with E-state index in [1.54, 1.807) is 0 Å². The molecule has 0 amide bonds. The summed E-state index contributed by atoms with van der Waals surface area (Å²) >= 11 is 38.4. The van der Waals surface area contributed by atoms with Gasteiger partial charge in [0.25, 0.3) is 0 Å². The predicted octanol–water partition coefficient (Wildman–Crippen LogP) is 28.1. The Labute approximate surface area is 716 Å². The lowest BCUT2D eigenvalue weighted by Crippen LogP contribution is -2.10. The van der Waals surface area contributed by atoms with E-state index < -0.39 is 0 Å². The lowest BCUT2D eigenvalue weighted by atomic mass is 10.1. The van der Waals surface area contributed by atoms with Gasteiger partial charge in [-0.25, -0.2) is 0 Å². The molecule has 0 atom stereocenters. The lowest BCUT2D eigenvalue weighted by molar-refractivity contribution is 0.304. The fraction of sp³-hybridized carbons (Fsp3) is 0.301. The number of anilines is 5. The van der Waals surface area contributed by atoms with Crippen molar-refractivity contribution in [3.63, 3.8) is 0 Å². The number of halogens is 3. The quantitative estimate of drug-likeness (QED) is 0.0262. The zero-order valence-corrected chi connectivity index (χ0v) is 75.9. The third-order valence-electron chi connectivity index (χ3n) is 17.6. The second kappa shape index (κ2) is 47.6. The van der Waals surface area contributed by atoms with E-state index in [0.29, 0.717) is 38.1 Å². The highest BCUT2D eigenvalue weighted by atomic mass is 127. The second-order valence-corrected chi connectivity index (χ2v) is 32.3. The van der Waals surface area contributed by atoms with Crippen LogP contribution in [0.15, 0.2) is 186 Å². The molecule has 0 radical (unpaired) electrons. The van der Waals surface area contributed by atoms with Gasteiger partial charge >= 0.3 is 0 Å². The molecule has 0 aliphatic rings. The Balaban J connectivity index is 0.000000216. The van der Waals surface area contributed by atoms with E-state index >= 15 is 0 Å². The molecule has 10 nitrogen and oxygen atoms in total. The van der Waals surface area contributed by atoms with Gasteiger partial charge in [0.15, 0.2) is 0 Å². The summed E-state index contributed by atoms with van der Waals surface area (Å²) in [5.41, 5.74) is 24.9. The van der Waals surface area contributed by atoms with Crippen molar-refractivity contribution >= 4 is 165 Å². The van der Waals surface area contributed by atoms with Crippen LogP contribution in [-0.4, -0.2) is 24.9 Å². The number of nitrogens with one attached hydrogen (secondary N) is 5. The zero-order chi connectivity index (χ0) is 81.3. The van der Waals surface area contributed by atoms with E-state index in [0.717, 1.165) is 181 Å². The summed E-state index contributed by atoms with van der Waals surface area (Å²) in [6.07, 6.45) is 5.13. The smallest absolute Gasteiger partial charge is 0.122 e. The summed E-state index contributed by atoms with van der Waals surface area (Å²) in [4.78, 5) is 4.16. The molecule has 0 aromatic heterocycles. The summed E-state index contributed by atoms with van der Waals surface area (Å²) in [7, 11) is 0. The Bertz CT molecular complexity index is 4340. The molecule has 18 heteroatoms. The minimum Gasteiger partial charge on any atom is -0.489 e. The number of rotatable bonds is 26. The largest absolute Gasteiger partial charge is 0.489 e. The Hall–Kier alpha value is -7.85. The molecule has 10 rings (SSSR count). The molecule has 586 valence electrons. The van der Waals surface area contributed by atoms with Gasteiger partial charge in [0.05, 0.1) is 24.9 Å². The van der Waals surface area contributed by atoms with Crippen molar-refractivity contribution < 1.29 is 23.7 Å². The molecule has 0 saturated carbocycles. The van der Waals surface area contributed by atoms with E-state index in [2.05, 4.69) is 270 Å². The lowest BCUT2D eigenvalue weighted by Gasteiger charge is -2.15. The van der Waals surface area contributed by atoms with E-state index in [1.165, 1.54) is 42.5 Å². The highest BCUT2D eigenvalue weighted by molar-refractivity contribution is 14.1. The molecule has 0 aliphatic carbocycles. The van der Waals surface area contributed by atoms with Gasteiger partial charge in [-0.05, 0) is 268 Å². The molecule has 0 aliphatic heterocycles. The first-order chi connectivity index (χ1) is 53.0. The average molecular weight is 1780 g/mol. The molecule has 10 aromatic carbocycles. The summed E-state index contributed by atoms with van der Waals surface area (Å²) in [6, 6.07) is 61.9. The second-order valence-electron chi connectivity index (χ2n) is 27.2. The van der Waals surface area contributed by atoms with Crippen LogP contribution < -0.4 is 50.3 Å². The van der Waals surface area contributed by atoms with Crippen LogP contribution in [0.25, 0.3) is 0 Å². The highest BCUT2D eigenvalue weighted by Crippen LogP contribution is 2.31. The number of aryl methyl sites for hydroxylation is 12. The fourth-order valence-electron chi connectivity index (χ4n) is 11.3. The van der Waals surface area contributed by atoms with Crippen molar-refractivity contribution in [3.05, 3.63) is 290 Å². The molecule has 0 heterocycles. The molecule has 0 fully saturated rings. The maximum Gasteiger partial charge on any atom is 0.122 e. The number of benzene rings is 10. The average Bonchev–Trinajstić information content (AvgIpc) is 0.861. The predicted molar refractivity (Wildman–Crippen MR) is 506 cm³/mol. The molecule has 0 spiro atoms. The van der Waals surface area contributed by atoms with Gasteiger partial charge in [-0.1, -0.05) is 248 Å². The number of thiocarbonyl (C=S) groups is 5. The van der Waals surface area contributed by atoms with Gasteiger partial charge < -0.3 is 50.3 Å². The van der Waals surface area contributed by atoms with Crippen molar-refractivity contribution in [3.8, 4) is 28.7 Å². The van der Waals surface area contributed by atoms with Gasteiger partial charge in [0.1, 0.15) is 61.8 Å². The van der Waals surface area contributed by atoms with Gasteiger partial charge in [-0.2, -0.15) is 0 Å². The number of hydrogen-bond donors (Lipinski definition) is 5. The van der Waals surface area contributed by atoms with Gasteiger partial charge in [0.2, 0.25) is 0 Å². The summed E-state index contributed by atoms with van der Waals surface area (Å²) in [5, 5.41) is 17.1. The minimum atomic E-state index is 0.444. The first-order valence-electron chi connectivity index (χ1n) is 37.6. The Morgan fingerprint density at radius 2 is 0.559 bits per heavy atom. The molecular weight excluding hydrogens is 1670 g/mol. The first kappa shape index (κ1) is 92.0. The van der Waals surface area contributed by atoms with E-state index in [4.69, 9.17) is 96.4 Å². The van der Waals surface area contributed by atoms with E-state index in [-0.39, 0.29) is 0 Å². The standard InChI is InChI=1S/C20H25NOS.C19H23NOS.C18H20BrNOS.C18H20ClNOS.C18H20INOS/c1-5-16-8-9-18(21-20(23)6-2)17(12-16)13-22-19-10-7-14(3)11-15(19)4;1-5-19(22)20-17-8-6-14(3)11-16(17)12-21-18-9-7-13(2)10-15(18)4;3*1-4-18(22)20-16-7-6-15(19)10-14(16)11-21-17-8-5-12(2)9-13(17)3/h7-12H,5-6,13H2,1-4H3,(H,21,23);6-11H,5,12H2,1-4H3,(H,20,22);3*5-10H,4,11H2,1-3H3,(H,20,22). The summed E-state index contributed by atoms with van der Waals surface area (Å²) in [5.74, 6) is 4.58. The van der Waals surface area contributed by atoms with Crippen LogP contribution in [0.1, 0.15) is 168 Å². The van der Waals surface area contributed by atoms with Gasteiger partial charge in [0, 0.05) is 69.3 Å². The SMILES string of the molecule is CCC(=S)Nc1ccc(Br)cc1COc1ccc(C)cc1C.CCC(=S)Nc1ccc(C)cc1COc1ccc(C)cc1C.CCC(=S)Nc1ccc(CC)cc1COc1ccc(C)cc1C.CCC(=S)Nc1ccc(Cl)cc1COc1ccc(C)cc1C.CCC(=S)Nc1ccc(I)cc1COc1ccc(C)cc1C. The molecule has 5 N–H and O–H groups in total. The van der Waals surface area contributed by atoms with Crippen molar-refractivity contribution in [1.29, 1.82) is 0 Å². The third kappa shape index (κ3) is 31.9. The minimum absolute atomic E-state index is 0.444. The Morgan fingerprint density at radius 1 is 0.306 bits per heavy atom. The molecule has 0 unspecified atom stereocenters. The van der Waals surface area contributed by atoms with Crippen LogP contribution in [-0.2, 0) is 39.5 Å².